The van der Waals surface area contributed by atoms with E-state index in [4.69, 9.17) is 11.6 Å². The van der Waals surface area contributed by atoms with Gasteiger partial charge in [0.1, 0.15) is 10.8 Å². The second-order valence-electron chi connectivity index (χ2n) is 7.39. The molecule has 5 rings (SSSR count). The number of aromatic nitrogens is 5. The SMILES string of the molecule is O=c1c(Cl)cccn1-c1ccc(N[C@H]2CC[C@H](Nc3nc4ncccc4[nH]3)C2)nc1. The number of pyridine rings is 3. The van der Waals surface area contributed by atoms with E-state index in [9.17, 15) is 4.79 Å². The second-order valence-corrected chi connectivity index (χ2v) is 7.80. The third kappa shape index (κ3) is 3.73. The summed E-state index contributed by atoms with van der Waals surface area (Å²) in [5.41, 5.74) is 2.07. The molecular weight excluding hydrogens is 402 g/mol. The van der Waals surface area contributed by atoms with Gasteiger partial charge in [-0.05, 0) is 55.7 Å². The van der Waals surface area contributed by atoms with E-state index in [1.165, 1.54) is 4.57 Å². The van der Waals surface area contributed by atoms with Gasteiger partial charge < -0.3 is 15.6 Å². The molecule has 4 aromatic rings. The molecule has 0 aliphatic heterocycles. The van der Waals surface area contributed by atoms with Crippen molar-refractivity contribution in [2.45, 2.75) is 31.3 Å². The molecule has 0 bridgehead atoms. The number of hydrogen-bond acceptors (Lipinski definition) is 6. The maximum Gasteiger partial charge on any atom is 0.273 e. The Kier molecular flexibility index (Phi) is 4.84. The smallest absolute Gasteiger partial charge is 0.273 e. The van der Waals surface area contributed by atoms with Crippen LogP contribution in [0.25, 0.3) is 16.9 Å². The van der Waals surface area contributed by atoms with Gasteiger partial charge in [0, 0.05) is 24.5 Å². The first-order chi connectivity index (χ1) is 14.7. The molecule has 1 saturated carbocycles. The predicted molar refractivity (Wildman–Crippen MR) is 117 cm³/mol. The Morgan fingerprint density at radius 3 is 2.73 bits per heavy atom. The zero-order valence-corrected chi connectivity index (χ0v) is 16.8. The maximum atomic E-state index is 12.1. The monoisotopic (exact) mass is 421 g/mol. The van der Waals surface area contributed by atoms with Gasteiger partial charge in [-0.2, -0.15) is 4.98 Å². The summed E-state index contributed by atoms with van der Waals surface area (Å²) in [6.45, 7) is 0. The van der Waals surface area contributed by atoms with Crippen LogP contribution in [0.4, 0.5) is 11.8 Å². The molecule has 0 saturated heterocycles. The summed E-state index contributed by atoms with van der Waals surface area (Å²) in [6.07, 6.45) is 8.13. The number of anilines is 2. The minimum Gasteiger partial charge on any atom is -0.367 e. The number of halogens is 1. The summed E-state index contributed by atoms with van der Waals surface area (Å²) in [5, 5.41) is 7.14. The Morgan fingerprint density at radius 2 is 1.93 bits per heavy atom. The summed E-state index contributed by atoms with van der Waals surface area (Å²) in [7, 11) is 0. The zero-order valence-electron chi connectivity index (χ0n) is 16.0. The van der Waals surface area contributed by atoms with Crippen molar-refractivity contribution < 1.29 is 0 Å². The van der Waals surface area contributed by atoms with E-state index in [0.717, 1.165) is 42.2 Å². The molecule has 1 fully saturated rings. The third-order valence-corrected chi connectivity index (χ3v) is 5.60. The van der Waals surface area contributed by atoms with Crippen LogP contribution in [-0.4, -0.2) is 36.6 Å². The number of nitrogens with one attached hydrogen (secondary N) is 3. The van der Waals surface area contributed by atoms with Gasteiger partial charge in [-0.15, -0.1) is 0 Å². The van der Waals surface area contributed by atoms with E-state index < -0.39 is 0 Å². The van der Waals surface area contributed by atoms with Crippen LogP contribution in [0.1, 0.15) is 19.3 Å². The zero-order chi connectivity index (χ0) is 20.5. The first-order valence-corrected chi connectivity index (χ1v) is 10.2. The van der Waals surface area contributed by atoms with E-state index in [1.54, 1.807) is 30.7 Å². The average molecular weight is 422 g/mol. The normalized spacial score (nSPS) is 18.6. The van der Waals surface area contributed by atoms with Crippen LogP contribution in [0, 0.1) is 0 Å². The number of H-pyrrole nitrogens is 1. The van der Waals surface area contributed by atoms with Gasteiger partial charge in [0.2, 0.25) is 5.95 Å². The van der Waals surface area contributed by atoms with Gasteiger partial charge in [-0.25, -0.2) is 9.97 Å². The van der Waals surface area contributed by atoms with E-state index in [0.29, 0.717) is 17.8 Å². The lowest BCUT2D eigenvalue weighted by Gasteiger charge is -2.15. The molecule has 8 nitrogen and oxygen atoms in total. The quantitative estimate of drug-likeness (QED) is 0.455. The predicted octanol–water partition coefficient (Wildman–Crippen LogP) is 3.60. The summed E-state index contributed by atoms with van der Waals surface area (Å²) in [6, 6.07) is 11.6. The Balaban J connectivity index is 1.21. The van der Waals surface area contributed by atoms with Crippen molar-refractivity contribution in [3.05, 3.63) is 70.4 Å². The molecule has 4 aromatic heterocycles. The van der Waals surface area contributed by atoms with Crippen molar-refractivity contribution in [1.82, 2.24) is 24.5 Å². The number of imidazole rings is 1. The fraction of sp³-hybridized carbons (Fsp3) is 0.238. The van der Waals surface area contributed by atoms with Crippen molar-refractivity contribution in [3.8, 4) is 5.69 Å². The largest absolute Gasteiger partial charge is 0.367 e. The molecule has 0 amide bonds. The number of aromatic amines is 1. The maximum absolute atomic E-state index is 12.1. The van der Waals surface area contributed by atoms with Crippen LogP contribution in [0.3, 0.4) is 0 Å². The molecule has 4 heterocycles. The van der Waals surface area contributed by atoms with Crippen LogP contribution in [0.15, 0.2) is 59.8 Å². The van der Waals surface area contributed by atoms with Crippen molar-refractivity contribution in [3.63, 3.8) is 0 Å². The van der Waals surface area contributed by atoms with Crippen molar-refractivity contribution in [1.29, 1.82) is 0 Å². The van der Waals surface area contributed by atoms with E-state index in [2.05, 4.69) is 30.6 Å². The van der Waals surface area contributed by atoms with Crippen LogP contribution in [-0.2, 0) is 0 Å². The molecule has 1 aliphatic carbocycles. The Labute approximate surface area is 177 Å². The Morgan fingerprint density at radius 1 is 1.07 bits per heavy atom. The molecule has 3 N–H and O–H groups in total. The number of nitrogens with zero attached hydrogens (tertiary/aromatic N) is 4. The molecule has 0 aromatic carbocycles. The van der Waals surface area contributed by atoms with Gasteiger partial charge >= 0.3 is 0 Å². The van der Waals surface area contributed by atoms with Crippen LogP contribution in [0.5, 0.6) is 0 Å². The lowest BCUT2D eigenvalue weighted by Crippen LogP contribution is -2.22. The highest BCUT2D eigenvalue weighted by Gasteiger charge is 2.25. The summed E-state index contributed by atoms with van der Waals surface area (Å²) >= 11 is 5.92. The molecule has 0 spiro atoms. The van der Waals surface area contributed by atoms with E-state index in [-0.39, 0.29) is 10.6 Å². The molecule has 1 aliphatic rings. The van der Waals surface area contributed by atoms with Gasteiger partial charge in [-0.1, -0.05) is 11.6 Å². The van der Waals surface area contributed by atoms with Crippen LogP contribution in [0.2, 0.25) is 5.02 Å². The molecule has 2 atom stereocenters. The summed E-state index contributed by atoms with van der Waals surface area (Å²) in [5.74, 6) is 1.54. The van der Waals surface area contributed by atoms with E-state index >= 15 is 0 Å². The molecule has 30 heavy (non-hydrogen) atoms. The molecule has 0 radical (unpaired) electrons. The molecule has 152 valence electrons. The van der Waals surface area contributed by atoms with Gasteiger partial charge in [-0.3, -0.25) is 9.36 Å². The second kappa shape index (κ2) is 7.79. The lowest BCUT2D eigenvalue weighted by atomic mass is 10.2. The summed E-state index contributed by atoms with van der Waals surface area (Å²) in [4.78, 5) is 28.6. The van der Waals surface area contributed by atoms with E-state index in [1.807, 2.05) is 24.3 Å². The number of hydrogen-bond donors (Lipinski definition) is 3. The first-order valence-electron chi connectivity index (χ1n) is 9.83. The Bertz CT molecular complexity index is 1200. The van der Waals surface area contributed by atoms with Crippen molar-refractivity contribution >= 4 is 34.5 Å². The topological polar surface area (TPSA) is 101 Å². The standard InChI is InChI=1S/C21H20ClN7O/c22-16-3-2-10-29(20(16)30)15-7-8-18(24-12-15)25-13-5-6-14(11-13)26-21-27-17-4-1-9-23-19(17)28-21/h1-4,7-10,12-14H,5-6,11H2,(H,24,25)(H2,23,26,27,28)/t13-,14-/m0/s1. The van der Waals surface area contributed by atoms with Gasteiger partial charge in [0.25, 0.3) is 5.56 Å². The highest BCUT2D eigenvalue weighted by Crippen LogP contribution is 2.25. The summed E-state index contributed by atoms with van der Waals surface area (Å²) < 4.78 is 1.48. The number of fused-ring (bicyclic) bond motifs is 1. The van der Waals surface area contributed by atoms with Gasteiger partial charge in [0.15, 0.2) is 5.65 Å². The highest BCUT2D eigenvalue weighted by atomic mass is 35.5. The van der Waals surface area contributed by atoms with Gasteiger partial charge in [0.05, 0.1) is 17.4 Å². The minimum atomic E-state index is -0.257. The first kappa shape index (κ1) is 18.6. The average Bonchev–Trinajstić information content (AvgIpc) is 3.37. The molecule has 9 heteroatoms. The fourth-order valence-corrected chi connectivity index (χ4v) is 4.01. The molecular formula is C21H20ClN7O. The van der Waals surface area contributed by atoms with Crippen LogP contribution >= 0.6 is 11.6 Å². The minimum absolute atomic E-state index is 0.185. The molecule has 0 unspecified atom stereocenters. The third-order valence-electron chi connectivity index (χ3n) is 5.31. The van der Waals surface area contributed by atoms with Crippen molar-refractivity contribution in [2.75, 3.05) is 10.6 Å². The lowest BCUT2D eigenvalue weighted by molar-refractivity contribution is 0.718. The number of rotatable bonds is 5. The van der Waals surface area contributed by atoms with Crippen molar-refractivity contribution in [2.24, 2.45) is 0 Å². The fourth-order valence-electron chi connectivity index (χ4n) is 3.84. The van der Waals surface area contributed by atoms with Crippen LogP contribution < -0.4 is 16.2 Å². The highest BCUT2D eigenvalue weighted by molar-refractivity contribution is 6.30. The Hall–Kier alpha value is -3.39.